The van der Waals surface area contributed by atoms with Crippen molar-refractivity contribution in [1.29, 1.82) is 0 Å². The van der Waals surface area contributed by atoms with E-state index < -0.39 is 14.9 Å². The van der Waals surface area contributed by atoms with E-state index in [4.69, 9.17) is 18.0 Å². The van der Waals surface area contributed by atoms with Crippen LogP contribution in [0.15, 0.2) is 0 Å². The average Bonchev–Trinajstić information content (AvgIpc) is 2.52. The van der Waals surface area contributed by atoms with Crippen LogP contribution in [-0.2, 0) is 18.0 Å². The first-order chi connectivity index (χ1) is 10.2. The Morgan fingerprint density at radius 3 is 2.24 bits per heavy atom. The molecule has 6 nitrogen and oxygen atoms in total. The molecule has 1 aliphatic rings. The van der Waals surface area contributed by atoms with Gasteiger partial charge in [-0.3, -0.25) is 0 Å². The minimum absolute atomic E-state index is 0.387. The van der Waals surface area contributed by atoms with E-state index in [1.165, 1.54) is 19.3 Å². The van der Waals surface area contributed by atoms with Crippen LogP contribution in [0.4, 0.5) is 0 Å². The summed E-state index contributed by atoms with van der Waals surface area (Å²) in [5, 5.41) is 9.97. The summed E-state index contributed by atoms with van der Waals surface area (Å²) in [6.45, 7) is 3.88. The third-order valence-electron chi connectivity index (χ3n) is 3.93. The number of aliphatic hydroxyl groups excluding tert-OH is 1. The first-order valence-electron chi connectivity index (χ1n) is 7.79. The lowest BCUT2D eigenvalue weighted by Crippen LogP contribution is -2.42. The molecule has 1 unspecified atom stereocenters. The second-order valence-electron chi connectivity index (χ2n) is 5.49. The highest BCUT2D eigenvalue weighted by molar-refractivity contribution is 6.60. The predicted molar refractivity (Wildman–Crippen MR) is 83.3 cm³/mol. The van der Waals surface area contributed by atoms with Crippen molar-refractivity contribution >= 4 is 8.80 Å². The Balaban J connectivity index is 2.07. The third kappa shape index (κ3) is 7.18. The second-order valence-corrected chi connectivity index (χ2v) is 8.58. The van der Waals surface area contributed by atoms with Crippen molar-refractivity contribution in [3.05, 3.63) is 0 Å². The smallest absolute Gasteiger partial charge is 0.389 e. The van der Waals surface area contributed by atoms with Crippen LogP contribution >= 0.6 is 0 Å². The number of nitrogens with zero attached hydrogens (tertiary/aromatic N) is 1. The van der Waals surface area contributed by atoms with Gasteiger partial charge in [-0.15, -0.1) is 0 Å². The zero-order chi connectivity index (χ0) is 15.6. The van der Waals surface area contributed by atoms with Crippen molar-refractivity contribution in [3.63, 3.8) is 0 Å². The Hall–Kier alpha value is -0.0231. The van der Waals surface area contributed by atoms with Gasteiger partial charge in [0.15, 0.2) is 0 Å². The molecular weight excluding hydrogens is 290 g/mol. The molecule has 21 heavy (non-hydrogen) atoms. The fourth-order valence-corrected chi connectivity index (χ4v) is 4.35. The Bertz CT molecular complexity index is 251. The lowest BCUT2D eigenvalue weighted by molar-refractivity contribution is 0.0126. The topological polar surface area (TPSA) is 60.4 Å². The number of hydrogen-bond acceptors (Lipinski definition) is 6. The van der Waals surface area contributed by atoms with Crippen LogP contribution in [0.3, 0.4) is 0 Å². The van der Waals surface area contributed by atoms with Crippen molar-refractivity contribution in [3.8, 4) is 0 Å². The monoisotopic (exact) mass is 321 g/mol. The van der Waals surface area contributed by atoms with Gasteiger partial charge in [0.1, 0.15) is 0 Å². The van der Waals surface area contributed by atoms with Gasteiger partial charge in [-0.05, 0) is 32.4 Å². The Morgan fingerprint density at radius 2 is 1.67 bits per heavy atom. The Kier molecular flexibility index (Phi) is 9.66. The van der Waals surface area contributed by atoms with Crippen molar-refractivity contribution < 1.29 is 23.1 Å². The van der Waals surface area contributed by atoms with Crippen LogP contribution in [0.25, 0.3) is 0 Å². The van der Waals surface area contributed by atoms with E-state index in [0.29, 0.717) is 19.8 Å². The minimum atomic E-state index is -2.48. The summed E-state index contributed by atoms with van der Waals surface area (Å²) in [7, 11) is 2.36. The van der Waals surface area contributed by atoms with Crippen LogP contribution in [-0.4, -0.2) is 79.1 Å². The molecule has 7 heteroatoms. The number of ether oxygens (including phenoxy) is 1. The zero-order valence-corrected chi connectivity index (χ0v) is 14.7. The van der Waals surface area contributed by atoms with Gasteiger partial charge in [-0.2, -0.15) is 0 Å². The molecule has 1 fully saturated rings. The molecule has 1 N–H and O–H groups in total. The maximum absolute atomic E-state index is 9.97. The molecule has 1 atom stereocenters. The van der Waals surface area contributed by atoms with E-state index in [1.807, 2.05) is 0 Å². The lowest BCUT2D eigenvalue weighted by atomic mass is 10.1. The molecule has 0 aliphatic carbocycles. The molecular formula is C14H31NO5Si. The van der Waals surface area contributed by atoms with E-state index in [1.54, 1.807) is 21.3 Å². The van der Waals surface area contributed by atoms with Gasteiger partial charge in [0, 0.05) is 40.5 Å². The Morgan fingerprint density at radius 1 is 1.05 bits per heavy atom. The summed E-state index contributed by atoms with van der Waals surface area (Å²) in [4.78, 5) is 2.32. The lowest BCUT2D eigenvalue weighted by Gasteiger charge is -2.28. The molecule has 1 aliphatic heterocycles. The van der Waals surface area contributed by atoms with Gasteiger partial charge in [-0.1, -0.05) is 6.42 Å². The average molecular weight is 321 g/mol. The van der Waals surface area contributed by atoms with Crippen LogP contribution in [0, 0.1) is 0 Å². The summed E-state index contributed by atoms with van der Waals surface area (Å²) in [6.07, 6.45) is 4.19. The van der Waals surface area contributed by atoms with E-state index in [0.717, 1.165) is 25.6 Å². The first kappa shape index (κ1) is 19.0. The number of piperidine rings is 1. The van der Waals surface area contributed by atoms with Crippen LogP contribution in [0.2, 0.25) is 6.04 Å². The Labute approximate surface area is 129 Å². The van der Waals surface area contributed by atoms with E-state index in [9.17, 15) is 5.11 Å². The number of aliphatic hydroxyl groups is 1. The molecule has 0 aromatic heterocycles. The number of likely N-dealkylation sites (tertiary alicyclic amines) is 1. The van der Waals surface area contributed by atoms with E-state index in [2.05, 4.69) is 4.90 Å². The molecule has 126 valence electrons. The van der Waals surface area contributed by atoms with Gasteiger partial charge in [0.2, 0.25) is 0 Å². The standard InChI is InChI=1S/C14H31NO5Si/c1-17-21(18-2,19-3)11-7-10-20-13-14(16)12-15-8-5-4-6-9-15/h14,16H,4-13H2,1-3H3. The van der Waals surface area contributed by atoms with Crippen LogP contribution < -0.4 is 0 Å². The predicted octanol–water partition coefficient (Wildman–Crippen LogP) is 1.12. The molecule has 0 aromatic rings. The molecule has 1 saturated heterocycles. The van der Waals surface area contributed by atoms with Gasteiger partial charge < -0.3 is 28.0 Å². The number of β-amino-alcohol motifs (C(OH)–C–C–N with tert-alkyl or cyclic N) is 1. The number of hydrogen-bond donors (Lipinski definition) is 1. The molecule has 0 spiro atoms. The summed E-state index contributed by atoms with van der Waals surface area (Å²) in [6, 6.07) is 0.721. The fraction of sp³-hybridized carbons (Fsp3) is 1.00. The summed E-state index contributed by atoms with van der Waals surface area (Å²) in [5.41, 5.74) is 0. The van der Waals surface area contributed by atoms with Crippen LogP contribution in [0.5, 0.6) is 0 Å². The van der Waals surface area contributed by atoms with Crippen molar-refractivity contribution in [2.24, 2.45) is 0 Å². The zero-order valence-electron chi connectivity index (χ0n) is 13.7. The highest BCUT2D eigenvalue weighted by Gasteiger charge is 2.36. The van der Waals surface area contributed by atoms with Crippen molar-refractivity contribution in [1.82, 2.24) is 4.90 Å². The van der Waals surface area contributed by atoms with Crippen LogP contribution in [0.1, 0.15) is 25.7 Å². The molecule has 0 saturated carbocycles. The SMILES string of the molecule is CO[Si](CCCOCC(O)CN1CCCCC1)(OC)OC. The summed E-state index contributed by atoms with van der Waals surface area (Å²) >= 11 is 0. The second kappa shape index (κ2) is 10.7. The highest BCUT2D eigenvalue weighted by Crippen LogP contribution is 2.15. The molecule has 1 heterocycles. The maximum Gasteiger partial charge on any atom is 0.500 e. The first-order valence-corrected chi connectivity index (χ1v) is 9.72. The largest absolute Gasteiger partial charge is 0.500 e. The fourth-order valence-electron chi connectivity index (χ4n) is 2.66. The van der Waals surface area contributed by atoms with E-state index in [-0.39, 0.29) is 0 Å². The van der Waals surface area contributed by atoms with Gasteiger partial charge >= 0.3 is 8.80 Å². The summed E-state index contributed by atoms with van der Waals surface area (Å²) < 4.78 is 21.6. The normalized spacial score (nSPS) is 18.9. The quantitative estimate of drug-likeness (QED) is 0.454. The third-order valence-corrected chi connectivity index (χ3v) is 6.76. The highest BCUT2D eigenvalue weighted by atomic mass is 28.4. The maximum atomic E-state index is 9.97. The summed E-state index contributed by atoms with van der Waals surface area (Å²) in [5.74, 6) is 0. The molecule has 1 rings (SSSR count). The van der Waals surface area contributed by atoms with Gasteiger partial charge in [0.05, 0.1) is 12.7 Å². The van der Waals surface area contributed by atoms with E-state index >= 15 is 0 Å². The molecule has 0 radical (unpaired) electrons. The molecule has 0 amide bonds. The number of rotatable bonds is 11. The minimum Gasteiger partial charge on any atom is -0.389 e. The molecule has 0 bridgehead atoms. The van der Waals surface area contributed by atoms with Crippen molar-refractivity contribution in [2.75, 3.05) is 54.2 Å². The van der Waals surface area contributed by atoms with Crippen molar-refractivity contribution in [2.45, 2.75) is 37.8 Å². The van der Waals surface area contributed by atoms with Gasteiger partial charge in [0.25, 0.3) is 0 Å². The molecule has 0 aromatic carbocycles. The van der Waals surface area contributed by atoms with Gasteiger partial charge in [-0.25, -0.2) is 0 Å².